The highest BCUT2D eigenvalue weighted by Crippen LogP contribution is 2.19. The first-order chi connectivity index (χ1) is 8.92. The lowest BCUT2D eigenvalue weighted by molar-refractivity contribution is 0.0342. The quantitative estimate of drug-likeness (QED) is 0.829. The monoisotopic (exact) mass is 244 g/mol. The average Bonchev–Trinajstić information content (AvgIpc) is 2.95. The van der Waals surface area contributed by atoms with Gasteiger partial charge >= 0.3 is 0 Å². The molecule has 0 atom stereocenters. The van der Waals surface area contributed by atoms with Gasteiger partial charge in [-0.3, -0.25) is 4.90 Å². The van der Waals surface area contributed by atoms with E-state index >= 15 is 0 Å². The van der Waals surface area contributed by atoms with Gasteiger partial charge in [-0.25, -0.2) is 0 Å². The van der Waals surface area contributed by atoms with Crippen LogP contribution in [0.5, 0.6) is 0 Å². The van der Waals surface area contributed by atoms with Crippen molar-refractivity contribution in [1.82, 2.24) is 10.1 Å². The molecule has 0 amide bonds. The number of rotatable bonds is 3. The van der Waals surface area contributed by atoms with Gasteiger partial charge in [0.25, 0.3) is 0 Å². The van der Waals surface area contributed by atoms with E-state index in [1.165, 1.54) is 5.56 Å². The molecule has 0 saturated carbocycles. The third-order valence-corrected chi connectivity index (χ3v) is 3.23. The Kier molecular flexibility index (Phi) is 3.39. The van der Waals surface area contributed by atoms with Gasteiger partial charge < -0.3 is 9.26 Å². The summed E-state index contributed by atoms with van der Waals surface area (Å²) in [6, 6.07) is 8.56. The van der Waals surface area contributed by atoms with Crippen molar-refractivity contribution in [1.29, 1.82) is 0 Å². The van der Waals surface area contributed by atoms with Gasteiger partial charge in [0.2, 0.25) is 0 Å². The molecule has 0 N–H and O–H groups in total. The molecule has 1 aromatic heterocycles. The van der Waals surface area contributed by atoms with Crippen LogP contribution in [0.2, 0.25) is 0 Å². The van der Waals surface area contributed by atoms with Crippen molar-refractivity contribution in [2.75, 3.05) is 26.3 Å². The summed E-state index contributed by atoms with van der Waals surface area (Å²) in [6.45, 7) is 4.73. The molecule has 94 valence electrons. The van der Waals surface area contributed by atoms with Crippen LogP contribution in [0.15, 0.2) is 41.2 Å². The number of aromatic nitrogens is 1. The summed E-state index contributed by atoms with van der Waals surface area (Å²) in [6.07, 6.45) is 3.40. The minimum atomic E-state index is 0.846. The molecular weight excluding hydrogens is 228 g/mol. The van der Waals surface area contributed by atoms with E-state index in [0.29, 0.717) is 0 Å². The lowest BCUT2D eigenvalue weighted by atomic mass is 10.1. The summed E-state index contributed by atoms with van der Waals surface area (Å²) in [4.78, 5) is 2.41. The molecule has 4 nitrogen and oxygen atoms in total. The summed E-state index contributed by atoms with van der Waals surface area (Å²) in [5.41, 5.74) is 3.49. The summed E-state index contributed by atoms with van der Waals surface area (Å²) in [5, 5.41) is 3.72. The second kappa shape index (κ2) is 5.33. The second-order valence-corrected chi connectivity index (χ2v) is 4.50. The summed E-state index contributed by atoms with van der Waals surface area (Å²) >= 11 is 0. The van der Waals surface area contributed by atoms with Crippen LogP contribution in [-0.4, -0.2) is 36.4 Å². The fourth-order valence-electron chi connectivity index (χ4n) is 2.17. The first-order valence-corrected chi connectivity index (χ1v) is 6.20. The Morgan fingerprint density at radius 3 is 2.50 bits per heavy atom. The maximum absolute atomic E-state index is 5.35. The molecule has 4 heteroatoms. The van der Waals surface area contributed by atoms with Crippen LogP contribution in [0.25, 0.3) is 11.1 Å². The lowest BCUT2D eigenvalue weighted by Gasteiger charge is -2.26. The molecule has 1 aromatic carbocycles. The Balaban J connectivity index is 1.67. The predicted octanol–water partition coefficient (Wildman–Crippen LogP) is 2.17. The molecule has 0 spiro atoms. The smallest absolute Gasteiger partial charge is 0.131 e. The third-order valence-electron chi connectivity index (χ3n) is 3.23. The third kappa shape index (κ3) is 2.60. The van der Waals surface area contributed by atoms with E-state index in [-0.39, 0.29) is 0 Å². The second-order valence-electron chi connectivity index (χ2n) is 4.50. The van der Waals surface area contributed by atoms with Gasteiger partial charge in [0.15, 0.2) is 0 Å². The van der Waals surface area contributed by atoms with Gasteiger partial charge in [-0.15, -0.1) is 0 Å². The summed E-state index contributed by atoms with van der Waals surface area (Å²) in [7, 11) is 0. The largest absolute Gasteiger partial charge is 0.379 e. The molecule has 2 heterocycles. The summed E-state index contributed by atoms with van der Waals surface area (Å²) < 4.78 is 10.2. The first kappa shape index (κ1) is 11.4. The maximum Gasteiger partial charge on any atom is 0.131 e. The van der Waals surface area contributed by atoms with Gasteiger partial charge in [0, 0.05) is 25.2 Å². The molecule has 0 radical (unpaired) electrons. The van der Waals surface area contributed by atoms with Crippen molar-refractivity contribution in [3.63, 3.8) is 0 Å². The van der Waals surface area contributed by atoms with Crippen LogP contribution in [0.1, 0.15) is 5.56 Å². The SMILES string of the molecule is c1cc(-c2cnoc2)ccc1CN1CCOCC1. The van der Waals surface area contributed by atoms with Gasteiger partial charge in [-0.2, -0.15) is 0 Å². The highest BCUT2D eigenvalue weighted by molar-refractivity contribution is 5.61. The van der Waals surface area contributed by atoms with E-state index in [0.717, 1.165) is 44.0 Å². The Morgan fingerprint density at radius 2 is 1.83 bits per heavy atom. The molecule has 1 saturated heterocycles. The fraction of sp³-hybridized carbons (Fsp3) is 0.357. The fourth-order valence-corrected chi connectivity index (χ4v) is 2.17. The van der Waals surface area contributed by atoms with Crippen LogP contribution in [0.4, 0.5) is 0 Å². The Bertz CT molecular complexity index is 473. The topological polar surface area (TPSA) is 38.5 Å². The Labute approximate surface area is 106 Å². The normalized spacial score (nSPS) is 16.9. The van der Waals surface area contributed by atoms with Crippen molar-refractivity contribution in [3.05, 3.63) is 42.3 Å². The molecule has 18 heavy (non-hydrogen) atoms. The molecule has 1 aliphatic rings. The minimum Gasteiger partial charge on any atom is -0.379 e. The minimum absolute atomic E-state index is 0.846. The van der Waals surface area contributed by atoms with E-state index in [1.54, 1.807) is 12.5 Å². The van der Waals surface area contributed by atoms with Gasteiger partial charge in [-0.1, -0.05) is 29.4 Å². The molecule has 1 fully saturated rings. The maximum atomic E-state index is 5.35. The van der Waals surface area contributed by atoms with Gasteiger partial charge in [0.05, 0.1) is 19.4 Å². The van der Waals surface area contributed by atoms with E-state index in [1.807, 2.05) is 0 Å². The predicted molar refractivity (Wildman–Crippen MR) is 68.0 cm³/mol. The van der Waals surface area contributed by atoms with E-state index < -0.39 is 0 Å². The number of ether oxygens (including phenoxy) is 1. The first-order valence-electron chi connectivity index (χ1n) is 6.20. The molecule has 1 aliphatic heterocycles. The van der Waals surface area contributed by atoms with E-state index in [9.17, 15) is 0 Å². The van der Waals surface area contributed by atoms with Crippen molar-refractivity contribution in [2.24, 2.45) is 0 Å². The molecule has 0 bridgehead atoms. The standard InChI is InChI=1S/C14H16N2O2/c1-3-13(14-9-15-18-11-14)4-2-12(1)10-16-5-7-17-8-6-16/h1-4,9,11H,5-8,10H2. The van der Waals surface area contributed by atoms with E-state index in [4.69, 9.17) is 9.26 Å². The number of hydrogen-bond donors (Lipinski definition) is 0. The molecule has 0 unspecified atom stereocenters. The highest BCUT2D eigenvalue weighted by Gasteiger charge is 2.10. The summed E-state index contributed by atoms with van der Waals surface area (Å²) in [5.74, 6) is 0. The number of hydrogen-bond acceptors (Lipinski definition) is 4. The highest BCUT2D eigenvalue weighted by atomic mass is 16.5. The number of morpholine rings is 1. The molecule has 2 aromatic rings. The van der Waals surface area contributed by atoms with Crippen molar-refractivity contribution >= 4 is 0 Å². The van der Waals surface area contributed by atoms with Crippen LogP contribution < -0.4 is 0 Å². The zero-order valence-corrected chi connectivity index (χ0v) is 10.2. The van der Waals surface area contributed by atoms with Crippen molar-refractivity contribution < 1.29 is 9.26 Å². The molecular formula is C14H16N2O2. The van der Waals surface area contributed by atoms with Crippen LogP contribution in [-0.2, 0) is 11.3 Å². The van der Waals surface area contributed by atoms with Crippen LogP contribution in [0, 0.1) is 0 Å². The van der Waals surface area contributed by atoms with Gasteiger partial charge in [0.1, 0.15) is 6.26 Å². The average molecular weight is 244 g/mol. The Hall–Kier alpha value is -1.65. The van der Waals surface area contributed by atoms with Crippen molar-refractivity contribution in [3.8, 4) is 11.1 Å². The lowest BCUT2D eigenvalue weighted by Crippen LogP contribution is -2.35. The van der Waals surface area contributed by atoms with Gasteiger partial charge in [-0.05, 0) is 11.1 Å². The van der Waals surface area contributed by atoms with Crippen molar-refractivity contribution in [2.45, 2.75) is 6.54 Å². The van der Waals surface area contributed by atoms with Crippen LogP contribution >= 0.6 is 0 Å². The van der Waals surface area contributed by atoms with Crippen LogP contribution in [0.3, 0.4) is 0 Å². The molecule has 0 aliphatic carbocycles. The zero-order chi connectivity index (χ0) is 12.2. The zero-order valence-electron chi connectivity index (χ0n) is 10.2. The number of benzene rings is 1. The van der Waals surface area contributed by atoms with E-state index in [2.05, 4.69) is 34.3 Å². The number of nitrogens with zero attached hydrogens (tertiary/aromatic N) is 2. The molecule has 3 rings (SSSR count). The Morgan fingerprint density at radius 1 is 1.06 bits per heavy atom.